The molecular weight excluding hydrogens is 240 g/mol. The maximum atomic E-state index is 9.54. The Morgan fingerprint density at radius 1 is 1.25 bits per heavy atom. The van der Waals surface area contributed by atoms with Gasteiger partial charge in [-0.2, -0.15) is 0 Å². The lowest BCUT2D eigenvalue weighted by Gasteiger charge is -2.16. The van der Waals surface area contributed by atoms with Gasteiger partial charge in [0.15, 0.2) is 11.5 Å². The first-order chi connectivity index (χ1) is 7.72. The van der Waals surface area contributed by atoms with E-state index in [0.717, 1.165) is 11.5 Å². The van der Waals surface area contributed by atoms with Crippen molar-refractivity contribution in [2.45, 2.75) is 18.4 Å². The minimum Gasteiger partial charge on any atom is -0.504 e. The Kier molecular flexibility index (Phi) is 5.91. The van der Waals surface area contributed by atoms with Crippen LogP contribution in [0.15, 0.2) is 18.2 Å². The van der Waals surface area contributed by atoms with Crippen LogP contribution in [-0.2, 0) is 0 Å². The minimum atomic E-state index is 0.202. The van der Waals surface area contributed by atoms with Gasteiger partial charge in [-0.05, 0) is 29.2 Å². The van der Waals surface area contributed by atoms with E-state index in [4.69, 9.17) is 4.74 Å². The van der Waals surface area contributed by atoms with Gasteiger partial charge in [0, 0.05) is 0 Å². The van der Waals surface area contributed by atoms with Gasteiger partial charge in [-0.15, -0.1) is 23.5 Å². The molecule has 0 saturated heterocycles. The molecule has 0 aliphatic heterocycles. The van der Waals surface area contributed by atoms with Gasteiger partial charge in [0.2, 0.25) is 0 Å². The molecule has 0 amide bonds. The summed E-state index contributed by atoms with van der Waals surface area (Å²) in [6.07, 6.45) is 0. The summed E-state index contributed by atoms with van der Waals surface area (Å²) in [5, 5.41) is 9.54. The van der Waals surface area contributed by atoms with Crippen LogP contribution in [0.1, 0.15) is 24.0 Å². The van der Waals surface area contributed by atoms with E-state index in [1.54, 1.807) is 13.2 Å². The van der Waals surface area contributed by atoms with Crippen LogP contribution in [0.25, 0.3) is 0 Å². The molecule has 4 heteroatoms. The molecule has 0 fully saturated rings. The minimum absolute atomic E-state index is 0.202. The van der Waals surface area contributed by atoms with Crippen LogP contribution >= 0.6 is 23.5 Å². The molecule has 1 aromatic carbocycles. The fraction of sp³-hybridized carbons (Fsp3) is 0.500. The van der Waals surface area contributed by atoms with Crippen LogP contribution < -0.4 is 4.74 Å². The lowest BCUT2D eigenvalue weighted by atomic mass is 10.2. The number of benzene rings is 1. The molecule has 90 valence electrons. The van der Waals surface area contributed by atoms with Crippen molar-refractivity contribution in [3.8, 4) is 11.5 Å². The quantitative estimate of drug-likeness (QED) is 0.784. The summed E-state index contributed by atoms with van der Waals surface area (Å²) >= 11 is 3.81. The first-order valence-corrected chi connectivity index (χ1v) is 7.42. The van der Waals surface area contributed by atoms with Crippen molar-refractivity contribution < 1.29 is 9.84 Å². The lowest BCUT2D eigenvalue weighted by molar-refractivity contribution is 0.373. The van der Waals surface area contributed by atoms with Crippen LogP contribution in [0.4, 0.5) is 0 Å². The van der Waals surface area contributed by atoms with Gasteiger partial charge in [-0.3, -0.25) is 0 Å². The Morgan fingerprint density at radius 3 is 2.38 bits per heavy atom. The predicted molar refractivity (Wildman–Crippen MR) is 73.7 cm³/mol. The Labute approximate surface area is 106 Å². The highest BCUT2D eigenvalue weighted by molar-refractivity contribution is 8.16. The number of methoxy groups -OCH3 is 1. The highest BCUT2D eigenvalue weighted by Crippen LogP contribution is 2.41. The molecule has 0 aromatic heterocycles. The largest absolute Gasteiger partial charge is 0.504 e. The molecule has 0 radical (unpaired) electrons. The molecule has 0 aliphatic carbocycles. The summed E-state index contributed by atoms with van der Waals surface area (Å²) in [6.45, 7) is 4.32. The molecule has 0 saturated carbocycles. The monoisotopic (exact) mass is 258 g/mol. The summed E-state index contributed by atoms with van der Waals surface area (Å²) in [6, 6.07) is 5.59. The number of hydrogen-bond donors (Lipinski definition) is 1. The van der Waals surface area contributed by atoms with Crippen molar-refractivity contribution in [1.82, 2.24) is 0 Å². The topological polar surface area (TPSA) is 29.5 Å². The Morgan fingerprint density at radius 2 is 1.88 bits per heavy atom. The number of phenols is 1. The summed E-state index contributed by atoms with van der Waals surface area (Å²) in [4.78, 5) is 0. The molecular formula is C12H18O2S2. The molecule has 2 nitrogen and oxygen atoms in total. The molecule has 0 bridgehead atoms. The van der Waals surface area contributed by atoms with Gasteiger partial charge in [-0.1, -0.05) is 19.9 Å². The first-order valence-electron chi connectivity index (χ1n) is 5.33. The predicted octanol–water partition coefficient (Wildman–Crippen LogP) is 3.91. The highest BCUT2D eigenvalue weighted by Gasteiger charge is 2.13. The van der Waals surface area contributed by atoms with Crippen LogP contribution in [0.5, 0.6) is 11.5 Å². The van der Waals surface area contributed by atoms with Crippen LogP contribution in [0, 0.1) is 0 Å². The van der Waals surface area contributed by atoms with E-state index in [-0.39, 0.29) is 5.75 Å². The molecule has 16 heavy (non-hydrogen) atoms. The third-order valence-electron chi connectivity index (χ3n) is 2.11. The second-order valence-corrected chi connectivity index (χ2v) is 6.24. The van der Waals surface area contributed by atoms with E-state index < -0.39 is 0 Å². The van der Waals surface area contributed by atoms with Gasteiger partial charge in [0.25, 0.3) is 0 Å². The van der Waals surface area contributed by atoms with E-state index in [9.17, 15) is 5.11 Å². The van der Waals surface area contributed by atoms with Crippen molar-refractivity contribution in [2.75, 3.05) is 18.6 Å². The average Bonchev–Trinajstić information content (AvgIpc) is 2.29. The Bertz CT molecular complexity index is 323. The molecule has 1 N–H and O–H groups in total. The SMILES string of the molecule is CCSC(SCC)c1ccc(O)c(OC)c1. The molecule has 0 spiro atoms. The van der Waals surface area contributed by atoms with E-state index >= 15 is 0 Å². The van der Waals surface area contributed by atoms with Crippen LogP contribution in [-0.4, -0.2) is 23.7 Å². The van der Waals surface area contributed by atoms with Crippen LogP contribution in [0.2, 0.25) is 0 Å². The average molecular weight is 258 g/mol. The normalized spacial score (nSPS) is 10.8. The molecule has 0 atom stereocenters. The first kappa shape index (κ1) is 13.6. The fourth-order valence-corrected chi connectivity index (χ4v) is 3.87. The van der Waals surface area contributed by atoms with Crippen molar-refractivity contribution in [3.63, 3.8) is 0 Å². The van der Waals surface area contributed by atoms with Gasteiger partial charge in [0.1, 0.15) is 0 Å². The Hall–Kier alpha value is -0.480. The zero-order valence-electron chi connectivity index (χ0n) is 9.90. The number of phenolic OH excluding ortho intramolecular Hbond substituents is 1. The molecule has 1 aromatic rings. The van der Waals surface area contributed by atoms with E-state index in [1.165, 1.54) is 5.56 Å². The number of rotatable bonds is 6. The molecule has 0 heterocycles. The number of aromatic hydroxyl groups is 1. The van der Waals surface area contributed by atoms with Gasteiger partial charge in [-0.25, -0.2) is 0 Å². The highest BCUT2D eigenvalue weighted by atomic mass is 32.2. The van der Waals surface area contributed by atoms with E-state index in [0.29, 0.717) is 10.3 Å². The smallest absolute Gasteiger partial charge is 0.160 e. The zero-order chi connectivity index (χ0) is 12.0. The second kappa shape index (κ2) is 6.97. The maximum Gasteiger partial charge on any atom is 0.160 e. The lowest BCUT2D eigenvalue weighted by Crippen LogP contribution is -1.93. The summed E-state index contributed by atoms with van der Waals surface area (Å²) in [5.41, 5.74) is 1.20. The third kappa shape index (κ3) is 3.52. The number of thioether (sulfide) groups is 2. The fourth-order valence-electron chi connectivity index (χ4n) is 1.38. The van der Waals surface area contributed by atoms with E-state index in [2.05, 4.69) is 13.8 Å². The van der Waals surface area contributed by atoms with Crippen molar-refractivity contribution >= 4 is 23.5 Å². The standard InChI is InChI=1S/C12H18O2S2/c1-4-15-12(16-5-2)9-6-7-10(13)11(8-9)14-3/h6-8,12-13H,4-5H2,1-3H3. The van der Waals surface area contributed by atoms with Crippen molar-refractivity contribution in [1.29, 1.82) is 0 Å². The second-order valence-electron chi connectivity index (χ2n) is 3.17. The molecule has 0 unspecified atom stereocenters. The zero-order valence-corrected chi connectivity index (χ0v) is 11.5. The summed E-state index contributed by atoms with van der Waals surface area (Å²) in [5.74, 6) is 2.92. The maximum absolute atomic E-state index is 9.54. The number of ether oxygens (including phenoxy) is 1. The van der Waals surface area contributed by atoms with Gasteiger partial charge < -0.3 is 9.84 Å². The summed E-state index contributed by atoms with van der Waals surface area (Å²) in [7, 11) is 1.58. The van der Waals surface area contributed by atoms with Gasteiger partial charge >= 0.3 is 0 Å². The van der Waals surface area contributed by atoms with Crippen molar-refractivity contribution in [3.05, 3.63) is 23.8 Å². The van der Waals surface area contributed by atoms with Crippen LogP contribution in [0.3, 0.4) is 0 Å². The summed E-state index contributed by atoms with van der Waals surface area (Å²) < 4.78 is 5.54. The molecule has 1 rings (SSSR count). The molecule has 0 aliphatic rings. The Balaban J connectivity index is 2.90. The van der Waals surface area contributed by atoms with Crippen molar-refractivity contribution in [2.24, 2.45) is 0 Å². The van der Waals surface area contributed by atoms with E-state index in [1.807, 2.05) is 35.7 Å². The third-order valence-corrected chi connectivity index (χ3v) is 4.75. The number of hydrogen-bond acceptors (Lipinski definition) is 4. The van der Waals surface area contributed by atoms with Gasteiger partial charge in [0.05, 0.1) is 11.7 Å².